The van der Waals surface area contributed by atoms with Crippen molar-refractivity contribution in [1.29, 1.82) is 0 Å². The van der Waals surface area contributed by atoms with Crippen LogP contribution in [0.25, 0.3) is 0 Å². The Balaban J connectivity index is 1.93. The molecule has 0 spiro atoms. The smallest absolute Gasteiger partial charge is 0.323 e. The fraction of sp³-hybridized carbons (Fsp3) is 0.923. The number of carbonyl (C=O) groups is 1. The number of nitrogens with zero attached hydrogens (tertiary/aromatic N) is 1. The van der Waals surface area contributed by atoms with E-state index in [0.29, 0.717) is 6.61 Å². The van der Waals surface area contributed by atoms with Crippen LogP contribution in [0.3, 0.4) is 0 Å². The Hall–Kier alpha value is -0.570. The van der Waals surface area contributed by atoms with Crippen molar-refractivity contribution in [2.24, 2.45) is 11.8 Å². The Morgan fingerprint density at radius 1 is 1.31 bits per heavy atom. The van der Waals surface area contributed by atoms with Gasteiger partial charge in [0.2, 0.25) is 0 Å². The zero-order valence-corrected chi connectivity index (χ0v) is 10.4. The van der Waals surface area contributed by atoms with Crippen LogP contribution in [0.5, 0.6) is 0 Å². The van der Waals surface area contributed by atoms with Crippen molar-refractivity contribution in [3.63, 3.8) is 0 Å². The third-order valence-electron chi connectivity index (χ3n) is 4.14. The normalized spacial score (nSPS) is 31.4. The van der Waals surface area contributed by atoms with Crippen LogP contribution in [0, 0.1) is 11.8 Å². The quantitative estimate of drug-likeness (QED) is 0.686. The molecule has 0 bridgehead atoms. The predicted octanol–water partition coefficient (Wildman–Crippen LogP) is 2.06. The van der Waals surface area contributed by atoms with Crippen LogP contribution in [0.2, 0.25) is 0 Å². The van der Waals surface area contributed by atoms with Gasteiger partial charge in [0, 0.05) is 13.1 Å². The summed E-state index contributed by atoms with van der Waals surface area (Å²) in [6.45, 7) is 6.68. The lowest BCUT2D eigenvalue weighted by molar-refractivity contribution is -0.149. The fourth-order valence-corrected chi connectivity index (χ4v) is 3.34. The van der Waals surface area contributed by atoms with Crippen molar-refractivity contribution in [2.45, 2.75) is 45.6 Å². The molecule has 2 aliphatic rings. The first-order valence-corrected chi connectivity index (χ1v) is 6.67. The van der Waals surface area contributed by atoms with Crippen LogP contribution in [0.4, 0.5) is 0 Å². The molecule has 0 aromatic carbocycles. The first-order chi connectivity index (χ1) is 7.76. The molecule has 0 amide bonds. The molecule has 0 aromatic rings. The van der Waals surface area contributed by atoms with Crippen LogP contribution in [0.1, 0.15) is 39.5 Å². The second-order valence-electron chi connectivity index (χ2n) is 5.08. The summed E-state index contributed by atoms with van der Waals surface area (Å²) in [7, 11) is 0. The van der Waals surface area contributed by atoms with Crippen LogP contribution >= 0.6 is 0 Å². The maximum atomic E-state index is 11.8. The number of rotatable bonds is 4. The average Bonchev–Trinajstić information content (AvgIpc) is 2.79. The molecule has 3 heteroatoms. The van der Waals surface area contributed by atoms with E-state index in [2.05, 4.69) is 11.8 Å². The molecule has 1 saturated carbocycles. The topological polar surface area (TPSA) is 29.5 Å². The van der Waals surface area contributed by atoms with E-state index < -0.39 is 0 Å². The molecule has 0 radical (unpaired) electrons. The Kier molecular flexibility index (Phi) is 3.85. The molecule has 1 heterocycles. The van der Waals surface area contributed by atoms with E-state index in [1.54, 1.807) is 0 Å². The molecular weight excluding hydrogens is 202 g/mol. The molecule has 92 valence electrons. The Labute approximate surface area is 98.1 Å². The molecule has 3 unspecified atom stereocenters. The number of carbonyl (C=O) groups excluding carboxylic acids is 1. The molecule has 3 atom stereocenters. The minimum Gasteiger partial charge on any atom is -0.465 e. The van der Waals surface area contributed by atoms with Crippen LogP contribution in [0.15, 0.2) is 0 Å². The highest BCUT2D eigenvalue weighted by atomic mass is 16.5. The van der Waals surface area contributed by atoms with E-state index in [1.807, 2.05) is 6.92 Å². The maximum Gasteiger partial charge on any atom is 0.323 e. The number of esters is 1. The van der Waals surface area contributed by atoms with Gasteiger partial charge in [0.1, 0.15) is 6.04 Å². The highest BCUT2D eigenvalue weighted by Gasteiger charge is 2.40. The van der Waals surface area contributed by atoms with Gasteiger partial charge in [0.25, 0.3) is 0 Å². The third-order valence-corrected chi connectivity index (χ3v) is 4.14. The highest BCUT2D eigenvalue weighted by molar-refractivity contribution is 5.75. The summed E-state index contributed by atoms with van der Waals surface area (Å²) in [5.74, 6) is 1.68. The van der Waals surface area contributed by atoms with E-state index in [9.17, 15) is 4.79 Å². The summed E-state index contributed by atoms with van der Waals surface area (Å²) in [6, 6.07) is 0.00514. The van der Waals surface area contributed by atoms with Gasteiger partial charge < -0.3 is 4.74 Å². The summed E-state index contributed by atoms with van der Waals surface area (Å²) < 4.78 is 5.15. The van der Waals surface area contributed by atoms with E-state index in [0.717, 1.165) is 31.3 Å². The molecule has 0 aromatic heterocycles. The number of hydrogen-bond acceptors (Lipinski definition) is 3. The van der Waals surface area contributed by atoms with Gasteiger partial charge in [-0.15, -0.1) is 0 Å². The van der Waals surface area contributed by atoms with E-state index in [1.165, 1.54) is 19.3 Å². The summed E-state index contributed by atoms with van der Waals surface area (Å²) in [4.78, 5) is 14.2. The molecule has 16 heavy (non-hydrogen) atoms. The molecule has 1 aliphatic carbocycles. The molecule has 3 nitrogen and oxygen atoms in total. The van der Waals surface area contributed by atoms with Gasteiger partial charge in [-0.3, -0.25) is 9.69 Å². The van der Waals surface area contributed by atoms with E-state index in [-0.39, 0.29) is 12.0 Å². The summed E-state index contributed by atoms with van der Waals surface area (Å²) in [5.41, 5.74) is 0. The lowest BCUT2D eigenvalue weighted by atomic mass is 10.0. The van der Waals surface area contributed by atoms with Gasteiger partial charge in [-0.05, 0) is 38.0 Å². The number of likely N-dealkylation sites (tertiary alicyclic amines) is 1. The van der Waals surface area contributed by atoms with Crippen molar-refractivity contribution < 1.29 is 9.53 Å². The SMILES string of the molecule is CCOC(=O)C(CC)N1CC2CCCC2C1. The van der Waals surface area contributed by atoms with E-state index >= 15 is 0 Å². The lowest BCUT2D eigenvalue weighted by Crippen LogP contribution is -2.40. The second-order valence-corrected chi connectivity index (χ2v) is 5.08. The van der Waals surface area contributed by atoms with Crippen LogP contribution in [-0.4, -0.2) is 36.6 Å². The molecule has 2 rings (SSSR count). The maximum absolute atomic E-state index is 11.8. The standard InChI is InChI=1S/C13H23NO2/c1-3-12(13(15)16-4-2)14-8-10-6-5-7-11(10)9-14/h10-12H,3-9H2,1-2H3. The lowest BCUT2D eigenvalue weighted by Gasteiger charge is -2.25. The largest absolute Gasteiger partial charge is 0.465 e. The fourth-order valence-electron chi connectivity index (χ4n) is 3.34. The summed E-state index contributed by atoms with van der Waals surface area (Å²) in [6.07, 6.45) is 4.98. The molecule has 2 fully saturated rings. The van der Waals surface area contributed by atoms with Gasteiger partial charge >= 0.3 is 5.97 Å². The zero-order valence-electron chi connectivity index (χ0n) is 10.4. The molecule has 0 N–H and O–H groups in total. The zero-order chi connectivity index (χ0) is 11.5. The predicted molar refractivity (Wildman–Crippen MR) is 63.1 cm³/mol. The minimum absolute atomic E-state index is 0.00514. The number of hydrogen-bond donors (Lipinski definition) is 0. The third kappa shape index (κ3) is 2.24. The van der Waals surface area contributed by atoms with Crippen LogP contribution in [-0.2, 0) is 9.53 Å². The van der Waals surface area contributed by atoms with Crippen molar-refractivity contribution in [1.82, 2.24) is 4.90 Å². The van der Waals surface area contributed by atoms with Crippen molar-refractivity contribution >= 4 is 5.97 Å². The van der Waals surface area contributed by atoms with Gasteiger partial charge in [0.05, 0.1) is 6.61 Å². The summed E-state index contributed by atoms with van der Waals surface area (Å²) in [5, 5.41) is 0. The van der Waals surface area contributed by atoms with Gasteiger partial charge in [0.15, 0.2) is 0 Å². The second kappa shape index (κ2) is 5.17. The van der Waals surface area contributed by atoms with Crippen molar-refractivity contribution in [2.75, 3.05) is 19.7 Å². The monoisotopic (exact) mass is 225 g/mol. The minimum atomic E-state index is -0.0232. The van der Waals surface area contributed by atoms with Crippen molar-refractivity contribution in [3.8, 4) is 0 Å². The Morgan fingerprint density at radius 3 is 2.44 bits per heavy atom. The van der Waals surface area contributed by atoms with Gasteiger partial charge in [-0.2, -0.15) is 0 Å². The molecule has 1 aliphatic heterocycles. The van der Waals surface area contributed by atoms with Crippen LogP contribution < -0.4 is 0 Å². The molecular formula is C13H23NO2. The van der Waals surface area contributed by atoms with E-state index in [4.69, 9.17) is 4.74 Å². The average molecular weight is 225 g/mol. The Morgan fingerprint density at radius 2 is 1.94 bits per heavy atom. The van der Waals surface area contributed by atoms with Gasteiger partial charge in [-0.1, -0.05) is 13.3 Å². The summed E-state index contributed by atoms with van der Waals surface area (Å²) >= 11 is 0. The first-order valence-electron chi connectivity index (χ1n) is 6.67. The first kappa shape index (κ1) is 11.9. The van der Waals surface area contributed by atoms with Crippen molar-refractivity contribution in [3.05, 3.63) is 0 Å². The molecule has 1 saturated heterocycles. The number of ether oxygens (including phenoxy) is 1. The number of fused-ring (bicyclic) bond motifs is 1. The highest BCUT2D eigenvalue weighted by Crippen LogP contribution is 2.38. The van der Waals surface area contributed by atoms with Gasteiger partial charge in [-0.25, -0.2) is 0 Å². The Bertz CT molecular complexity index is 242.